The molecule has 1 aliphatic heterocycles. The van der Waals surface area contributed by atoms with Crippen molar-refractivity contribution in [3.05, 3.63) is 34.9 Å². The van der Waals surface area contributed by atoms with Crippen molar-refractivity contribution in [3.8, 4) is 0 Å². The van der Waals surface area contributed by atoms with Crippen molar-refractivity contribution in [3.63, 3.8) is 0 Å². The molecule has 16 heavy (non-hydrogen) atoms. The molecule has 1 aliphatic rings. The fourth-order valence-electron chi connectivity index (χ4n) is 2.34. The van der Waals surface area contributed by atoms with Gasteiger partial charge in [-0.25, -0.2) is 0 Å². The molecule has 0 fully saturated rings. The molecule has 1 aromatic carbocycles. The van der Waals surface area contributed by atoms with Crippen LogP contribution >= 0.6 is 0 Å². The van der Waals surface area contributed by atoms with E-state index in [0.29, 0.717) is 0 Å². The predicted molar refractivity (Wildman–Crippen MR) is 68.7 cm³/mol. The first-order valence-corrected chi connectivity index (χ1v) is 6.11. The molecular weight excluding hydrogens is 196 g/mol. The van der Waals surface area contributed by atoms with Crippen LogP contribution in [0.1, 0.15) is 16.7 Å². The Bertz CT molecular complexity index is 358. The highest BCUT2D eigenvalue weighted by Gasteiger charge is 2.16. The third kappa shape index (κ3) is 2.63. The third-order valence-electron chi connectivity index (χ3n) is 3.45. The highest BCUT2D eigenvalue weighted by atomic mass is 15.2. The third-order valence-corrected chi connectivity index (χ3v) is 3.45. The Balaban J connectivity index is 2.03. The van der Waals surface area contributed by atoms with Crippen molar-refractivity contribution in [2.45, 2.75) is 19.9 Å². The van der Waals surface area contributed by atoms with Gasteiger partial charge in [0.25, 0.3) is 0 Å². The summed E-state index contributed by atoms with van der Waals surface area (Å²) in [6.45, 7) is 6.91. The lowest BCUT2D eigenvalue weighted by molar-refractivity contribution is 0.225. The summed E-state index contributed by atoms with van der Waals surface area (Å²) in [6.07, 6.45) is 1.21. The summed E-state index contributed by atoms with van der Waals surface area (Å²) >= 11 is 0. The molecule has 0 saturated heterocycles. The standard InChI is InChI=1S/C14H22N2/c1-12-5-4-6-13-7-8-16(11-14(12)13)10-9-15(2)3/h4-6H,7-11H2,1-3H3. The topological polar surface area (TPSA) is 6.48 Å². The summed E-state index contributed by atoms with van der Waals surface area (Å²) < 4.78 is 0. The quantitative estimate of drug-likeness (QED) is 0.765. The van der Waals surface area contributed by atoms with E-state index in [1.165, 1.54) is 25.1 Å². The SMILES string of the molecule is Cc1cccc2c1CN(CCN(C)C)CC2. The Morgan fingerprint density at radius 3 is 2.88 bits per heavy atom. The lowest BCUT2D eigenvalue weighted by Gasteiger charge is -2.30. The first-order chi connectivity index (χ1) is 7.66. The van der Waals surface area contributed by atoms with Gasteiger partial charge in [-0.2, -0.15) is 0 Å². The minimum Gasteiger partial charge on any atom is -0.308 e. The average molecular weight is 218 g/mol. The summed E-state index contributed by atoms with van der Waals surface area (Å²) in [5.74, 6) is 0. The Labute approximate surface area is 98.9 Å². The van der Waals surface area contributed by atoms with Gasteiger partial charge in [0.2, 0.25) is 0 Å². The molecule has 0 unspecified atom stereocenters. The Morgan fingerprint density at radius 2 is 2.12 bits per heavy atom. The van der Waals surface area contributed by atoms with Crippen LogP contribution in [0, 0.1) is 6.92 Å². The lowest BCUT2D eigenvalue weighted by Crippen LogP contribution is -2.36. The highest BCUT2D eigenvalue weighted by molar-refractivity contribution is 5.35. The molecule has 1 heterocycles. The summed E-state index contributed by atoms with van der Waals surface area (Å²) in [5, 5.41) is 0. The van der Waals surface area contributed by atoms with E-state index in [0.717, 1.165) is 13.1 Å². The fourth-order valence-corrected chi connectivity index (χ4v) is 2.34. The predicted octanol–water partition coefficient (Wildman–Crippen LogP) is 1.91. The minimum absolute atomic E-state index is 1.13. The largest absolute Gasteiger partial charge is 0.308 e. The molecule has 0 amide bonds. The Hall–Kier alpha value is -0.860. The zero-order valence-corrected chi connectivity index (χ0v) is 10.7. The van der Waals surface area contributed by atoms with E-state index in [1.807, 2.05) is 0 Å². The normalized spacial score (nSPS) is 16.5. The van der Waals surface area contributed by atoms with Crippen molar-refractivity contribution in [2.24, 2.45) is 0 Å². The van der Waals surface area contributed by atoms with E-state index in [1.54, 1.807) is 11.1 Å². The van der Waals surface area contributed by atoms with Gasteiger partial charge in [0.1, 0.15) is 0 Å². The molecule has 0 aromatic heterocycles. The fraction of sp³-hybridized carbons (Fsp3) is 0.571. The van der Waals surface area contributed by atoms with Gasteiger partial charge in [0.05, 0.1) is 0 Å². The van der Waals surface area contributed by atoms with Gasteiger partial charge in [0.15, 0.2) is 0 Å². The molecular formula is C14H22N2. The second-order valence-electron chi connectivity index (χ2n) is 5.04. The van der Waals surface area contributed by atoms with E-state index in [9.17, 15) is 0 Å². The number of benzene rings is 1. The number of hydrogen-bond donors (Lipinski definition) is 0. The summed E-state index contributed by atoms with van der Waals surface area (Å²) in [4.78, 5) is 4.82. The monoisotopic (exact) mass is 218 g/mol. The van der Waals surface area contributed by atoms with Gasteiger partial charge in [-0.1, -0.05) is 18.2 Å². The van der Waals surface area contributed by atoms with E-state index in [4.69, 9.17) is 0 Å². The van der Waals surface area contributed by atoms with Crippen LogP contribution in [-0.2, 0) is 13.0 Å². The number of hydrogen-bond acceptors (Lipinski definition) is 2. The van der Waals surface area contributed by atoms with E-state index in [2.05, 4.69) is 49.0 Å². The Morgan fingerprint density at radius 1 is 1.31 bits per heavy atom. The van der Waals surface area contributed by atoms with Crippen LogP contribution in [0.4, 0.5) is 0 Å². The second kappa shape index (κ2) is 4.98. The van der Waals surface area contributed by atoms with Crippen LogP contribution in [-0.4, -0.2) is 43.5 Å². The van der Waals surface area contributed by atoms with Crippen molar-refractivity contribution in [1.29, 1.82) is 0 Å². The summed E-state index contributed by atoms with van der Waals surface area (Å²) in [5.41, 5.74) is 4.57. The van der Waals surface area contributed by atoms with Gasteiger partial charge in [0, 0.05) is 26.2 Å². The van der Waals surface area contributed by atoms with Crippen molar-refractivity contribution in [2.75, 3.05) is 33.7 Å². The number of nitrogens with zero attached hydrogens (tertiary/aromatic N) is 2. The van der Waals surface area contributed by atoms with Crippen molar-refractivity contribution in [1.82, 2.24) is 9.80 Å². The van der Waals surface area contributed by atoms with Crippen LogP contribution in [0.2, 0.25) is 0 Å². The van der Waals surface area contributed by atoms with E-state index < -0.39 is 0 Å². The highest BCUT2D eigenvalue weighted by Crippen LogP contribution is 2.21. The maximum Gasteiger partial charge on any atom is 0.0239 e. The van der Waals surface area contributed by atoms with Crippen LogP contribution < -0.4 is 0 Å². The molecule has 2 heteroatoms. The molecule has 2 nitrogen and oxygen atoms in total. The average Bonchev–Trinajstić information content (AvgIpc) is 2.27. The number of aryl methyl sites for hydroxylation is 1. The van der Waals surface area contributed by atoms with Gasteiger partial charge in [-0.05, 0) is 44.1 Å². The van der Waals surface area contributed by atoms with Crippen LogP contribution in [0.3, 0.4) is 0 Å². The number of rotatable bonds is 3. The molecule has 0 N–H and O–H groups in total. The van der Waals surface area contributed by atoms with Crippen LogP contribution in [0.5, 0.6) is 0 Å². The summed E-state index contributed by atoms with van der Waals surface area (Å²) in [6, 6.07) is 6.70. The van der Waals surface area contributed by atoms with E-state index >= 15 is 0 Å². The van der Waals surface area contributed by atoms with E-state index in [-0.39, 0.29) is 0 Å². The van der Waals surface area contributed by atoms with Crippen molar-refractivity contribution >= 4 is 0 Å². The zero-order valence-electron chi connectivity index (χ0n) is 10.7. The van der Waals surface area contributed by atoms with Crippen LogP contribution in [0.25, 0.3) is 0 Å². The number of likely N-dealkylation sites (N-methyl/N-ethyl adjacent to an activating group) is 1. The first kappa shape index (κ1) is 11.6. The smallest absolute Gasteiger partial charge is 0.0239 e. The molecule has 0 atom stereocenters. The van der Waals surface area contributed by atoms with Crippen molar-refractivity contribution < 1.29 is 0 Å². The first-order valence-electron chi connectivity index (χ1n) is 6.11. The summed E-state index contributed by atoms with van der Waals surface area (Å²) in [7, 11) is 4.28. The molecule has 0 bridgehead atoms. The molecule has 0 aliphatic carbocycles. The maximum absolute atomic E-state index is 2.56. The molecule has 2 rings (SSSR count). The van der Waals surface area contributed by atoms with Gasteiger partial charge < -0.3 is 4.90 Å². The maximum atomic E-state index is 2.56. The molecule has 0 spiro atoms. The zero-order chi connectivity index (χ0) is 11.5. The number of fused-ring (bicyclic) bond motifs is 1. The minimum atomic E-state index is 1.13. The second-order valence-corrected chi connectivity index (χ2v) is 5.04. The molecule has 0 saturated carbocycles. The van der Waals surface area contributed by atoms with Crippen LogP contribution in [0.15, 0.2) is 18.2 Å². The molecule has 0 radical (unpaired) electrons. The van der Waals surface area contributed by atoms with Gasteiger partial charge >= 0.3 is 0 Å². The Kier molecular flexibility index (Phi) is 3.62. The lowest BCUT2D eigenvalue weighted by atomic mass is 9.96. The molecule has 1 aromatic rings. The molecule has 88 valence electrons. The van der Waals surface area contributed by atoms with Gasteiger partial charge in [-0.3, -0.25) is 4.90 Å². The van der Waals surface area contributed by atoms with Gasteiger partial charge in [-0.15, -0.1) is 0 Å².